The maximum Gasteiger partial charge on any atom is 0.264 e. The molecule has 0 N–H and O–H groups in total. The van der Waals surface area contributed by atoms with E-state index in [0.29, 0.717) is 35.1 Å². The van der Waals surface area contributed by atoms with E-state index in [1.807, 2.05) is 30.3 Å². The van der Waals surface area contributed by atoms with Crippen molar-refractivity contribution in [3.05, 3.63) is 81.0 Å². The van der Waals surface area contributed by atoms with Gasteiger partial charge in [0.15, 0.2) is 0 Å². The molecule has 4 rings (SSSR count). The average molecular weight is 447 g/mol. The number of rotatable bonds is 5. The predicted molar refractivity (Wildman–Crippen MR) is 116 cm³/mol. The van der Waals surface area contributed by atoms with E-state index in [0.717, 1.165) is 10.4 Å². The van der Waals surface area contributed by atoms with Crippen molar-refractivity contribution in [3.8, 4) is 0 Å². The molecule has 0 spiro atoms. The molecule has 5 nitrogen and oxygen atoms in total. The summed E-state index contributed by atoms with van der Waals surface area (Å²) < 4.78 is 28.5. The standard InChI is InChI=1S/C21H19ClN2O3S2/c1-23(14-17-9-10-20(22)28-17)21(25)16-6-4-7-18(13-16)29(26,27)24-12-11-15-5-2-3-8-19(15)24/h2-10,13H,11-12,14H2,1H3. The Kier molecular flexibility index (Phi) is 5.38. The Labute approximate surface area is 179 Å². The molecule has 0 atom stereocenters. The topological polar surface area (TPSA) is 57.7 Å². The number of nitrogens with zero attached hydrogens (tertiary/aromatic N) is 2. The first-order valence-electron chi connectivity index (χ1n) is 9.06. The van der Waals surface area contributed by atoms with Crippen molar-refractivity contribution in [1.29, 1.82) is 0 Å². The fourth-order valence-corrected chi connectivity index (χ4v) is 6.13. The summed E-state index contributed by atoms with van der Waals surface area (Å²) in [6.07, 6.45) is 0.681. The number of benzene rings is 2. The van der Waals surface area contributed by atoms with Crippen LogP contribution in [0.5, 0.6) is 0 Å². The molecule has 0 unspecified atom stereocenters. The number of amides is 1. The zero-order valence-electron chi connectivity index (χ0n) is 15.7. The Morgan fingerprint density at radius 3 is 2.69 bits per heavy atom. The lowest BCUT2D eigenvalue weighted by Gasteiger charge is -2.21. The first-order chi connectivity index (χ1) is 13.9. The fraction of sp³-hybridized carbons (Fsp3) is 0.190. The first-order valence-corrected chi connectivity index (χ1v) is 11.7. The van der Waals surface area contributed by atoms with E-state index in [9.17, 15) is 13.2 Å². The van der Waals surface area contributed by atoms with Crippen LogP contribution in [0.3, 0.4) is 0 Å². The lowest BCUT2D eigenvalue weighted by molar-refractivity contribution is 0.0786. The fourth-order valence-electron chi connectivity index (χ4n) is 3.44. The number of fused-ring (bicyclic) bond motifs is 1. The summed E-state index contributed by atoms with van der Waals surface area (Å²) in [4.78, 5) is 15.5. The molecule has 0 radical (unpaired) electrons. The van der Waals surface area contributed by atoms with Crippen molar-refractivity contribution >= 4 is 44.6 Å². The number of carbonyl (C=O) groups excluding carboxylic acids is 1. The van der Waals surface area contributed by atoms with Gasteiger partial charge in [-0.2, -0.15) is 0 Å². The highest BCUT2D eigenvalue weighted by Crippen LogP contribution is 2.33. The normalized spacial score (nSPS) is 13.4. The summed E-state index contributed by atoms with van der Waals surface area (Å²) in [7, 11) is -2.05. The Balaban J connectivity index is 1.59. The first kappa shape index (κ1) is 19.9. The van der Waals surface area contributed by atoms with Gasteiger partial charge in [-0.1, -0.05) is 35.9 Å². The highest BCUT2D eigenvalue weighted by molar-refractivity contribution is 7.92. The van der Waals surface area contributed by atoms with Gasteiger partial charge in [0.05, 0.1) is 21.5 Å². The molecule has 1 aliphatic rings. The molecule has 150 valence electrons. The number of halogens is 1. The Hall–Kier alpha value is -2.35. The monoisotopic (exact) mass is 446 g/mol. The van der Waals surface area contributed by atoms with E-state index in [2.05, 4.69) is 0 Å². The van der Waals surface area contributed by atoms with Gasteiger partial charge in [-0.05, 0) is 48.4 Å². The van der Waals surface area contributed by atoms with Crippen LogP contribution in [0.1, 0.15) is 20.8 Å². The second-order valence-corrected chi connectivity index (χ2v) is 10.5. The predicted octanol–water partition coefficient (Wildman–Crippen LogP) is 4.43. The molecular weight excluding hydrogens is 428 g/mol. The second-order valence-electron chi connectivity index (χ2n) is 6.85. The van der Waals surface area contributed by atoms with Gasteiger partial charge in [0, 0.05) is 24.0 Å². The van der Waals surface area contributed by atoms with E-state index in [1.165, 1.54) is 27.8 Å². The molecule has 1 amide bonds. The zero-order valence-corrected chi connectivity index (χ0v) is 18.1. The van der Waals surface area contributed by atoms with Crippen LogP contribution >= 0.6 is 22.9 Å². The van der Waals surface area contributed by atoms with E-state index in [-0.39, 0.29) is 10.8 Å². The van der Waals surface area contributed by atoms with Crippen LogP contribution in [-0.4, -0.2) is 32.8 Å². The molecule has 29 heavy (non-hydrogen) atoms. The van der Waals surface area contributed by atoms with E-state index < -0.39 is 10.0 Å². The minimum atomic E-state index is -3.74. The van der Waals surface area contributed by atoms with E-state index >= 15 is 0 Å². The van der Waals surface area contributed by atoms with Crippen molar-refractivity contribution in [1.82, 2.24) is 4.90 Å². The summed E-state index contributed by atoms with van der Waals surface area (Å²) in [6.45, 7) is 0.811. The van der Waals surface area contributed by atoms with Gasteiger partial charge >= 0.3 is 0 Å². The van der Waals surface area contributed by atoms with Crippen LogP contribution in [0, 0.1) is 0 Å². The Morgan fingerprint density at radius 2 is 1.93 bits per heavy atom. The van der Waals surface area contributed by atoms with Gasteiger partial charge in [-0.15, -0.1) is 11.3 Å². The Bertz CT molecular complexity index is 1170. The minimum Gasteiger partial charge on any atom is -0.337 e. The molecule has 2 heterocycles. The van der Waals surface area contributed by atoms with Gasteiger partial charge in [-0.3, -0.25) is 9.10 Å². The molecular formula is C21H19ClN2O3S2. The molecule has 2 aromatic carbocycles. The molecule has 1 aromatic heterocycles. The third-order valence-corrected chi connectivity index (χ3v) is 7.91. The summed E-state index contributed by atoms with van der Waals surface area (Å²) >= 11 is 7.37. The largest absolute Gasteiger partial charge is 0.337 e. The van der Waals surface area contributed by atoms with E-state index in [4.69, 9.17) is 11.6 Å². The van der Waals surface area contributed by atoms with Gasteiger partial charge < -0.3 is 4.90 Å². The summed E-state index contributed by atoms with van der Waals surface area (Å²) in [6, 6.07) is 17.4. The molecule has 0 saturated heterocycles. The smallest absolute Gasteiger partial charge is 0.264 e. The molecule has 3 aromatic rings. The summed E-state index contributed by atoms with van der Waals surface area (Å²) in [5.74, 6) is -0.242. The second kappa shape index (κ2) is 7.82. The van der Waals surface area contributed by atoms with Gasteiger partial charge in [0.2, 0.25) is 0 Å². The van der Waals surface area contributed by atoms with Crippen LogP contribution in [0.15, 0.2) is 65.6 Å². The molecule has 0 fully saturated rings. The highest BCUT2D eigenvalue weighted by Gasteiger charge is 2.31. The number of anilines is 1. The number of para-hydroxylation sites is 1. The molecule has 0 aliphatic carbocycles. The molecule has 0 saturated carbocycles. The number of carbonyl (C=O) groups is 1. The van der Waals surface area contributed by atoms with Gasteiger partial charge in [0.25, 0.3) is 15.9 Å². The average Bonchev–Trinajstić information content (AvgIpc) is 3.33. The van der Waals surface area contributed by atoms with Crippen molar-refractivity contribution in [2.24, 2.45) is 0 Å². The van der Waals surface area contributed by atoms with Crippen molar-refractivity contribution in [3.63, 3.8) is 0 Å². The SMILES string of the molecule is CN(Cc1ccc(Cl)s1)C(=O)c1cccc(S(=O)(=O)N2CCc3ccccc32)c1. The summed E-state index contributed by atoms with van der Waals surface area (Å²) in [5, 5.41) is 0. The maximum absolute atomic E-state index is 13.2. The molecule has 1 aliphatic heterocycles. The van der Waals surface area contributed by atoms with Crippen LogP contribution < -0.4 is 4.31 Å². The van der Waals surface area contributed by atoms with Crippen LogP contribution in [0.25, 0.3) is 0 Å². The lowest BCUT2D eigenvalue weighted by Crippen LogP contribution is -2.30. The van der Waals surface area contributed by atoms with Gasteiger partial charge in [-0.25, -0.2) is 8.42 Å². The molecule has 0 bridgehead atoms. The van der Waals surface area contributed by atoms with Crippen LogP contribution in [0.4, 0.5) is 5.69 Å². The van der Waals surface area contributed by atoms with Crippen LogP contribution in [0.2, 0.25) is 4.34 Å². The van der Waals surface area contributed by atoms with Crippen molar-refractivity contribution in [2.45, 2.75) is 17.9 Å². The van der Waals surface area contributed by atoms with Gasteiger partial charge in [0.1, 0.15) is 0 Å². The zero-order chi connectivity index (χ0) is 20.6. The maximum atomic E-state index is 13.2. The third kappa shape index (κ3) is 3.90. The third-order valence-electron chi connectivity index (χ3n) is 4.88. The number of hydrogen-bond acceptors (Lipinski definition) is 4. The number of sulfonamides is 1. The van der Waals surface area contributed by atoms with E-state index in [1.54, 1.807) is 30.1 Å². The van der Waals surface area contributed by atoms with Crippen molar-refractivity contribution < 1.29 is 13.2 Å². The number of hydrogen-bond donors (Lipinski definition) is 0. The van der Waals surface area contributed by atoms with Crippen molar-refractivity contribution in [2.75, 3.05) is 17.9 Å². The van der Waals surface area contributed by atoms with Crippen LogP contribution in [-0.2, 0) is 23.0 Å². The molecule has 8 heteroatoms. The summed E-state index contributed by atoms with van der Waals surface area (Å²) in [5.41, 5.74) is 2.05. The highest BCUT2D eigenvalue weighted by atomic mass is 35.5. The quantitative estimate of drug-likeness (QED) is 0.582. The lowest BCUT2D eigenvalue weighted by atomic mass is 10.2. The Morgan fingerprint density at radius 1 is 1.14 bits per heavy atom. The minimum absolute atomic E-state index is 0.118. The number of thiophene rings is 1.